The molecule has 176 valence electrons. The quantitative estimate of drug-likeness (QED) is 0.309. The number of benzene rings is 4. The van der Waals surface area contributed by atoms with E-state index in [2.05, 4.69) is 0 Å². The average Bonchev–Trinajstić information content (AvgIpc) is 3.19. The zero-order valence-electron chi connectivity index (χ0n) is 19.9. The Balaban J connectivity index is 1.77. The average molecular weight is 467 g/mol. The molecule has 0 bridgehead atoms. The zero-order chi connectivity index (χ0) is 24.4. The van der Waals surface area contributed by atoms with E-state index < -0.39 is 0 Å². The lowest BCUT2D eigenvalue weighted by atomic mass is 10.0. The summed E-state index contributed by atoms with van der Waals surface area (Å²) >= 11 is 0. The number of para-hydroxylation sites is 1. The first kappa shape index (κ1) is 22.3. The summed E-state index contributed by atoms with van der Waals surface area (Å²) in [7, 11) is 4.88. The summed E-state index contributed by atoms with van der Waals surface area (Å²) in [5.74, 6) is 1.98. The van der Waals surface area contributed by atoms with Crippen LogP contribution in [0, 0.1) is 0 Å². The monoisotopic (exact) mass is 466 g/mol. The van der Waals surface area contributed by atoms with Crippen LogP contribution in [0.25, 0.3) is 33.4 Å². The predicted molar refractivity (Wildman–Crippen MR) is 140 cm³/mol. The minimum Gasteiger partial charge on any atom is -0.497 e. The lowest BCUT2D eigenvalue weighted by Crippen LogP contribution is -2.21. The fraction of sp³-hybridized carbons (Fsp3) is 0.138. The van der Waals surface area contributed by atoms with Crippen molar-refractivity contribution in [1.82, 2.24) is 9.36 Å². The van der Waals surface area contributed by atoms with Gasteiger partial charge >= 0.3 is 0 Å². The first-order valence-corrected chi connectivity index (χ1v) is 11.3. The lowest BCUT2D eigenvalue weighted by molar-refractivity contribution is 0.415. The highest BCUT2D eigenvalue weighted by molar-refractivity contribution is 6.10. The number of rotatable bonds is 7. The van der Waals surface area contributed by atoms with Crippen molar-refractivity contribution in [2.24, 2.45) is 0 Å². The van der Waals surface area contributed by atoms with Crippen LogP contribution < -0.4 is 19.8 Å². The van der Waals surface area contributed by atoms with Crippen LogP contribution in [0.5, 0.6) is 17.2 Å². The second-order valence-corrected chi connectivity index (χ2v) is 8.05. The number of fused-ring (bicyclic) bond motifs is 2. The molecule has 35 heavy (non-hydrogen) atoms. The van der Waals surface area contributed by atoms with Crippen LogP contribution in [0.2, 0.25) is 0 Å². The van der Waals surface area contributed by atoms with Gasteiger partial charge in [-0.05, 0) is 29.8 Å². The van der Waals surface area contributed by atoms with Crippen LogP contribution in [0.3, 0.4) is 0 Å². The number of hydrogen-bond acceptors (Lipinski definition) is 4. The SMILES string of the molecule is COc1ccc(/C=C/Cn2c(=O)c3c(OC)c4ccccc4c(OC)c3n2-c2ccccc2)cc1. The number of allylic oxidation sites excluding steroid dienone is 1. The van der Waals surface area contributed by atoms with Gasteiger partial charge in [-0.2, -0.15) is 0 Å². The van der Waals surface area contributed by atoms with E-state index in [1.807, 2.05) is 95.7 Å². The van der Waals surface area contributed by atoms with Gasteiger partial charge in [-0.25, -0.2) is 9.36 Å². The van der Waals surface area contributed by atoms with Crippen molar-refractivity contribution in [3.8, 4) is 22.9 Å². The maximum Gasteiger partial charge on any atom is 0.279 e. The maximum atomic E-state index is 13.9. The van der Waals surface area contributed by atoms with Crippen molar-refractivity contribution < 1.29 is 14.2 Å². The second kappa shape index (κ2) is 9.43. The number of methoxy groups -OCH3 is 3. The highest BCUT2D eigenvalue weighted by Crippen LogP contribution is 2.42. The van der Waals surface area contributed by atoms with Crippen molar-refractivity contribution in [2.45, 2.75) is 6.54 Å². The number of ether oxygens (including phenoxy) is 3. The molecule has 0 radical (unpaired) electrons. The Bertz CT molecular complexity index is 1580. The third-order valence-electron chi connectivity index (χ3n) is 6.11. The van der Waals surface area contributed by atoms with E-state index in [9.17, 15) is 4.79 Å². The van der Waals surface area contributed by atoms with Gasteiger partial charge in [-0.3, -0.25) is 4.79 Å². The summed E-state index contributed by atoms with van der Waals surface area (Å²) in [6, 6.07) is 25.4. The summed E-state index contributed by atoms with van der Waals surface area (Å²) in [5, 5.41) is 2.21. The van der Waals surface area contributed by atoms with Crippen LogP contribution in [0.1, 0.15) is 5.56 Å². The van der Waals surface area contributed by atoms with E-state index >= 15 is 0 Å². The molecule has 5 rings (SSSR count). The molecule has 0 aliphatic rings. The first-order chi connectivity index (χ1) is 17.2. The van der Waals surface area contributed by atoms with E-state index in [0.29, 0.717) is 28.9 Å². The lowest BCUT2D eigenvalue weighted by Gasteiger charge is -2.15. The molecule has 0 amide bonds. The molecule has 1 aromatic heterocycles. The van der Waals surface area contributed by atoms with Gasteiger partial charge in [-0.1, -0.05) is 66.7 Å². The Morgan fingerprint density at radius 2 is 1.37 bits per heavy atom. The minimum absolute atomic E-state index is 0.149. The smallest absolute Gasteiger partial charge is 0.279 e. The van der Waals surface area contributed by atoms with Crippen LogP contribution in [-0.4, -0.2) is 30.7 Å². The highest BCUT2D eigenvalue weighted by Gasteiger charge is 2.25. The number of aromatic nitrogens is 2. The molecule has 0 atom stereocenters. The Hall–Kier alpha value is -4.45. The summed E-state index contributed by atoms with van der Waals surface area (Å²) in [5.41, 5.74) is 2.40. The highest BCUT2D eigenvalue weighted by atomic mass is 16.5. The van der Waals surface area contributed by atoms with Gasteiger partial charge < -0.3 is 14.2 Å². The Kier molecular flexibility index (Phi) is 6.02. The van der Waals surface area contributed by atoms with Gasteiger partial charge in [0.15, 0.2) is 5.75 Å². The molecular formula is C29H26N2O4. The molecule has 0 spiro atoms. The van der Waals surface area contributed by atoms with E-state index in [0.717, 1.165) is 27.8 Å². The predicted octanol–water partition coefficient (Wildman–Crippen LogP) is 5.68. The molecular weight excluding hydrogens is 440 g/mol. The largest absolute Gasteiger partial charge is 0.497 e. The Morgan fingerprint density at radius 1 is 0.743 bits per heavy atom. The van der Waals surface area contributed by atoms with Crippen LogP contribution in [0.15, 0.2) is 89.7 Å². The fourth-order valence-electron chi connectivity index (χ4n) is 4.53. The van der Waals surface area contributed by atoms with E-state index in [1.54, 1.807) is 26.0 Å². The fourth-order valence-corrected chi connectivity index (χ4v) is 4.53. The molecule has 1 heterocycles. The number of hydrogen-bond donors (Lipinski definition) is 0. The Morgan fingerprint density at radius 3 is 2.00 bits per heavy atom. The molecule has 6 nitrogen and oxygen atoms in total. The Labute approximate surface area is 203 Å². The van der Waals surface area contributed by atoms with Crippen LogP contribution in [-0.2, 0) is 6.54 Å². The molecule has 0 saturated carbocycles. The first-order valence-electron chi connectivity index (χ1n) is 11.3. The van der Waals surface area contributed by atoms with Crippen molar-refractivity contribution in [1.29, 1.82) is 0 Å². The van der Waals surface area contributed by atoms with Gasteiger partial charge in [0.1, 0.15) is 22.4 Å². The third-order valence-corrected chi connectivity index (χ3v) is 6.11. The van der Waals surface area contributed by atoms with Crippen LogP contribution in [0.4, 0.5) is 0 Å². The van der Waals surface area contributed by atoms with E-state index in [1.165, 1.54) is 0 Å². The van der Waals surface area contributed by atoms with Crippen molar-refractivity contribution in [3.63, 3.8) is 0 Å². The van der Waals surface area contributed by atoms with Gasteiger partial charge in [0, 0.05) is 10.8 Å². The van der Waals surface area contributed by atoms with Gasteiger partial charge in [0.2, 0.25) is 0 Å². The zero-order valence-corrected chi connectivity index (χ0v) is 19.9. The molecule has 4 aromatic carbocycles. The summed E-state index contributed by atoms with van der Waals surface area (Å²) in [6.45, 7) is 0.358. The summed E-state index contributed by atoms with van der Waals surface area (Å²) in [6.07, 6.45) is 3.96. The van der Waals surface area contributed by atoms with Crippen molar-refractivity contribution in [2.75, 3.05) is 21.3 Å². The van der Waals surface area contributed by atoms with Gasteiger partial charge in [-0.15, -0.1) is 0 Å². The molecule has 0 N–H and O–H groups in total. The topological polar surface area (TPSA) is 54.6 Å². The third kappa shape index (κ3) is 3.83. The summed E-state index contributed by atoms with van der Waals surface area (Å²) < 4.78 is 20.6. The molecule has 6 heteroatoms. The molecule has 5 aromatic rings. The molecule has 0 aliphatic heterocycles. The second-order valence-electron chi connectivity index (χ2n) is 8.05. The van der Waals surface area contributed by atoms with Gasteiger partial charge in [0.25, 0.3) is 5.56 Å². The maximum absolute atomic E-state index is 13.9. The standard InChI is InChI=1S/C29H26N2O4/c1-33-22-17-15-20(16-18-22)10-9-19-30-29(32)25-26(31(30)21-11-5-4-6-12-21)28(35-3)24-14-8-7-13-23(24)27(25)34-2/h4-18H,19H2,1-3H3/b10-9+. The molecule has 0 unspecified atom stereocenters. The number of nitrogens with zero attached hydrogens (tertiary/aromatic N) is 2. The minimum atomic E-state index is -0.149. The van der Waals surface area contributed by atoms with Gasteiger partial charge in [0.05, 0.1) is 33.6 Å². The molecule has 0 saturated heterocycles. The van der Waals surface area contributed by atoms with E-state index in [-0.39, 0.29) is 5.56 Å². The van der Waals surface area contributed by atoms with E-state index in [4.69, 9.17) is 14.2 Å². The molecule has 0 aliphatic carbocycles. The normalized spacial score (nSPS) is 11.4. The van der Waals surface area contributed by atoms with Crippen molar-refractivity contribution >= 4 is 27.8 Å². The summed E-state index contributed by atoms with van der Waals surface area (Å²) in [4.78, 5) is 13.9. The van der Waals surface area contributed by atoms with Crippen LogP contribution >= 0.6 is 0 Å². The molecule has 0 fully saturated rings. The van der Waals surface area contributed by atoms with Crippen molar-refractivity contribution in [3.05, 3.63) is 101 Å².